The molecule has 0 heterocycles. The molecule has 10 radical (unpaired) electrons. The molecule has 0 spiro atoms. The first-order valence-corrected chi connectivity index (χ1v) is 5.34. The van der Waals surface area contributed by atoms with Crippen LogP contribution >= 0.6 is 0 Å². The van der Waals surface area contributed by atoms with Gasteiger partial charge in [-0.15, -0.1) is 0 Å². The van der Waals surface area contributed by atoms with Gasteiger partial charge in [0, 0.05) is 18.9 Å². The topological polar surface area (TPSA) is 29.5 Å². The summed E-state index contributed by atoms with van der Waals surface area (Å²) in [6.45, 7) is 2.34. The van der Waals surface area contributed by atoms with E-state index in [9.17, 15) is 5.11 Å². The van der Waals surface area contributed by atoms with E-state index in [1.807, 2.05) is 51.4 Å². The average Bonchev–Trinajstić information content (AvgIpc) is 2.91. The van der Waals surface area contributed by atoms with E-state index in [0.29, 0.717) is 6.61 Å². The molecule has 0 aromatic heterocycles. The first-order valence-electron chi connectivity index (χ1n) is 5.34. The van der Waals surface area contributed by atoms with E-state index in [-0.39, 0.29) is 17.1 Å². The molecule has 0 aliphatic heterocycles. The summed E-state index contributed by atoms with van der Waals surface area (Å²) < 4.78 is 4.97. The maximum absolute atomic E-state index is 9.26. The van der Waals surface area contributed by atoms with Crippen molar-refractivity contribution in [3.05, 3.63) is 63.2 Å². The monoisotopic (exact) mass is 274 g/mol. The van der Waals surface area contributed by atoms with E-state index < -0.39 is 6.10 Å². The summed E-state index contributed by atoms with van der Waals surface area (Å²) in [5.74, 6) is 2.04. The van der Waals surface area contributed by atoms with Crippen LogP contribution in [0.3, 0.4) is 0 Å². The van der Waals surface area contributed by atoms with Crippen LogP contribution < -0.4 is 0 Å². The van der Waals surface area contributed by atoms with Crippen LogP contribution in [0.25, 0.3) is 0 Å². The van der Waals surface area contributed by atoms with Gasteiger partial charge in [0.05, 0.1) is 12.7 Å². The van der Waals surface area contributed by atoms with Crippen LogP contribution in [0.5, 0.6) is 0 Å². The number of aliphatic hydroxyl groups is 1. The molecule has 1 atom stereocenters. The zero-order valence-electron chi connectivity index (χ0n) is 10.1. The molecule has 2 aliphatic rings. The Balaban J connectivity index is 0.000000360. The Bertz CT molecular complexity index is 162. The SMILES string of the molecule is COC[C]1[CH][CH][CH][C]1[C@H](C)O.[CH]1[CH][CH][CH][CH]1.[Fe+2]. The quantitative estimate of drug-likeness (QED) is 0.795. The summed E-state index contributed by atoms with van der Waals surface area (Å²) in [5.41, 5.74) is 0. The minimum atomic E-state index is -0.393. The molecule has 0 aromatic carbocycles. The molecule has 2 aliphatic carbocycles. The predicted molar refractivity (Wildman–Crippen MR) is 64.4 cm³/mol. The first-order chi connectivity index (χ1) is 7.75. The Kier molecular flexibility index (Phi) is 10.6. The minimum Gasteiger partial charge on any atom is -0.393 e. The van der Waals surface area contributed by atoms with Crippen molar-refractivity contribution in [1.29, 1.82) is 0 Å². The first kappa shape index (κ1) is 17.4. The van der Waals surface area contributed by atoms with Gasteiger partial charge in [-0.25, -0.2) is 0 Å². The number of methoxy groups -OCH3 is 1. The second-order valence-corrected chi connectivity index (χ2v) is 3.58. The van der Waals surface area contributed by atoms with Crippen LogP contribution in [0.1, 0.15) is 6.92 Å². The molecule has 2 nitrogen and oxygen atoms in total. The summed E-state index contributed by atoms with van der Waals surface area (Å²) >= 11 is 0. The molecular formula is C14H18FeO2+2. The van der Waals surface area contributed by atoms with Crippen molar-refractivity contribution in [2.24, 2.45) is 0 Å². The summed E-state index contributed by atoms with van der Waals surface area (Å²) in [6, 6.07) is 0. The smallest absolute Gasteiger partial charge is 0.393 e. The zero-order chi connectivity index (χ0) is 11.8. The van der Waals surface area contributed by atoms with E-state index >= 15 is 0 Å². The zero-order valence-corrected chi connectivity index (χ0v) is 11.2. The molecule has 3 heteroatoms. The van der Waals surface area contributed by atoms with Crippen LogP contribution in [0.15, 0.2) is 0 Å². The summed E-state index contributed by atoms with van der Waals surface area (Å²) in [5, 5.41) is 9.26. The molecule has 2 fully saturated rings. The van der Waals surface area contributed by atoms with Gasteiger partial charge in [-0.3, -0.25) is 0 Å². The van der Waals surface area contributed by atoms with Gasteiger partial charge in [0.15, 0.2) is 0 Å². The Labute approximate surface area is 117 Å². The van der Waals surface area contributed by atoms with Gasteiger partial charge >= 0.3 is 17.1 Å². The normalized spacial score (nSPS) is 22.8. The molecule has 0 saturated heterocycles. The molecule has 0 bridgehead atoms. The molecular weight excluding hydrogens is 256 g/mol. The second kappa shape index (κ2) is 10.4. The van der Waals surface area contributed by atoms with Gasteiger partial charge in [-0.05, 0) is 58.3 Å². The van der Waals surface area contributed by atoms with Gasteiger partial charge in [-0.1, -0.05) is 0 Å². The third kappa shape index (κ3) is 6.81. The standard InChI is InChI=1S/C9H13O2.C5H5.Fe/c1-7(10)9-5-3-4-8(9)6-11-2;1-2-4-5-3-1;/h3-5,7,10H,6H2,1-2H3;1-5H;/q;;+2/t7-;;/m0../s1. The molecule has 1 N–H and O–H groups in total. The summed E-state index contributed by atoms with van der Waals surface area (Å²) in [7, 11) is 1.65. The van der Waals surface area contributed by atoms with Crippen molar-refractivity contribution >= 4 is 0 Å². The molecule has 2 saturated carbocycles. The number of hydrogen-bond acceptors (Lipinski definition) is 2. The van der Waals surface area contributed by atoms with Crippen molar-refractivity contribution in [3.63, 3.8) is 0 Å². The van der Waals surface area contributed by atoms with E-state index in [1.165, 1.54) is 0 Å². The van der Waals surface area contributed by atoms with Crippen LogP contribution in [0, 0.1) is 63.2 Å². The maximum Gasteiger partial charge on any atom is 2.00 e. The van der Waals surface area contributed by atoms with E-state index in [2.05, 4.69) is 0 Å². The number of ether oxygens (including phenoxy) is 1. The van der Waals surface area contributed by atoms with Crippen LogP contribution in [0.4, 0.5) is 0 Å². The largest absolute Gasteiger partial charge is 2.00 e. The Hall–Kier alpha value is 0.439. The Morgan fingerprint density at radius 3 is 2.00 bits per heavy atom. The minimum absolute atomic E-state index is 0. The predicted octanol–water partition coefficient (Wildman–Crippen LogP) is 1.81. The molecule has 92 valence electrons. The fourth-order valence-corrected chi connectivity index (χ4v) is 1.49. The van der Waals surface area contributed by atoms with Gasteiger partial charge in [-0.2, -0.15) is 0 Å². The molecule has 0 aromatic rings. The van der Waals surface area contributed by atoms with E-state index in [1.54, 1.807) is 14.0 Å². The van der Waals surface area contributed by atoms with Crippen molar-refractivity contribution < 1.29 is 26.9 Å². The van der Waals surface area contributed by atoms with Gasteiger partial charge in [0.25, 0.3) is 0 Å². The third-order valence-corrected chi connectivity index (χ3v) is 2.25. The third-order valence-electron chi connectivity index (χ3n) is 2.25. The van der Waals surface area contributed by atoms with Crippen LogP contribution in [0.2, 0.25) is 0 Å². The molecule has 0 amide bonds. The summed E-state index contributed by atoms with van der Waals surface area (Å²) in [4.78, 5) is 0. The number of rotatable bonds is 3. The van der Waals surface area contributed by atoms with E-state index in [4.69, 9.17) is 4.74 Å². The van der Waals surface area contributed by atoms with Crippen molar-refractivity contribution in [1.82, 2.24) is 0 Å². The van der Waals surface area contributed by atoms with E-state index in [0.717, 1.165) is 11.8 Å². The van der Waals surface area contributed by atoms with Crippen LogP contribution in [-0.2, 0) is 21.8 Å². The van der Waals surface area contributed by atoms with Crippen molar-refractivity contribution in [2.45, 2.75) is 13.0 Å². The fourth-order valence-electron chi connectivity index (χ4n) is 1.49. The molecule has 17 heavy (non-hydrogen) atoms. The molecule has 0 unspecified atom stereocenters. The van der Waals surface area contributed by atoms with Gasteiger partial charge in [0.2, 0.25) is 0 Å². The van der Waals surface area contributed by atoms with Crippen molar-refractivity contribution in [3.8, 4) is 0 Å². The fraction of sp³-hybridized carbons (Fsp3) is 0.286. The Morgan fingerprint density at radius 1 is 1.06 bits per heavy atom. The van der Waals surface area contributed by atoms with Crippen LogP contribution in [-0.4, -0.2) is 24.9 Å². The van der Waals surface area contributed by atoms with Gasteiger partial charge < -0.3 is 9.84 Å². The van der Waals surface area contributed by atoms with Crippen molar-refractivity contribution in [2.75, 3.05) is 13.7 Å². The number of aliphatic hydroxyl groups excluding tert-OH is 1. The average molecular weight is 274 g/mol. The molecule has 2 rings (SSSR count). The number of hydrogen-bond donors (Lipinski definition) is 1. The van der Waals surface area contributed by atoms with Gasteiger partial charge in [0.1, 0.15) is 0 Å². The Morgan fingerprint density at radius 2 is 1.59 bits per heavy atom. The maximum atomic E-state index is 9.26. The second-order valence-electron chi connectivity index (χ2n) is 3.58. The summed E-state index contributed by atoms with van der Waals surface area (Å²) in [6.07, 6.45) is 15.4.